The van der Waals surface area contributed by atoms with Crippen molar-refractivity contribution >= 4 is 21.4 Å². The van der Waals surface area contributed by atoms with E-state index in [1.807, 2.05) is 0 Å². The second-order valence-corrected chi connectivity index (χ2v) is 6.30. The van der Waals surface area contributed by atoms with Gasteiger partial charge in [-0.25, -0.2) is 17.2 Å². The normalized spacial score (nSPS) is 11.2. The molecule has 7 heteroatoms. The molecular weight excluding hydrogens is 300 g/mol. The maximum Gasteiger partial charge on any atom is 0.261 e. The van der Waals surface area contributed by atoms with Gasteiger partial charge in [-0.2, -0.15) is 0 Å². The number of hydrogen-bond acceptors (Lipinski definition) is 3. The molecule has 0 aromatic heterocycles. The highest BCUT2D eigenvalue weighted by molar-refractivity contribution is 7.90. The molecule has 0 aliphatic heterocycles. The molecule has 110 valence electrons. The maximum atomic E-state index is 13.5. The molecule has 0 radical (unpaired) electrons. The van der Waals surface area contributed by atoms with Gasteiger partial charge in [0.2, 0.25) is 0 Å². The van der Waals surface area contributed by atoms with Crippen LogP contribution in [0.15, 0.2) is 47.4 Å². The lowest BCUT2D eigenvalue weighted by Gasteiger charge is -2.10. The zero-order valence-corrected chi connectivity index (χ0v) is 11.7. The van der Waals surface area contributed by atoms with Gasteiger partial charge >= 0.3 is 0 Å². The van der Waals surface area contributed by atoms with Gasteiger partial charge < -0.3 is 5.32 Å². The first-order valence-corrected chi connectivity index (χ1v) is 7.74. The molecule has 1 N–H and O–H groups in total. The quantitative estimate of drug-likeness (QED) is 0.948. The molecule has 2 rings (SSSR count). The molecule has 4 nitrogen and oxygen atoms in total. The van der Waals surface area contributed by atoms with Gasteiger partial charge in [0.15, 0.2) is 9.84 Å². The van der Waals surface area contributed by atoms with E-state index in [1.54, 1.807) is 0 Å². The third-order valence-corrected chi connectivity index (χ3v) is 3.88. The van der Waals surface area contributed by atoms with Crippen molar-refractivity contribution in [2.45, 2.75) is 4.90 Å². The first kappa shape index (κ1) is 15.1. The lowest BCUT2D eigenvalue weighted by atomic mass is 10.2. The van der Waals surface area contributed by atoms with Crippen LogP contribution in [0.25, 0.3) is 0 Å². The van der Waals surface area contributed by atoms with Gasteiger partial charge in [0, 0.05) is 6.26 Å². The first-order valence-electron chi connectivity index (χ1n) is 5.85. The Labute approximate surface area is 120 Å². The van der Waals surface area contributed by atoms with Gasteiger partial charge in [-0.05, 0) is 24.3 Å². The van der Waals surface area contributed by atoms with Gasteiger partial charge in [0.25, 0.3) is 5.91 Å². The second kappa shape index (κ2) is 5.61. The summed E-state index contributed by atoms with van der Waals surface area (Å²) in [6.45, 7) is 0. The minimum Gasteiger partial charge on any atom is -0.321 e. The van der Waals surface area contributed by atoms with Crippen LogP contribution in [0.4, 0.5) is 14.5 Å². The molecule has 0 spiro atoms. The number of para-hydroxylation sites is 1. The Hall–Kier alpha value is -2.28. The predicted octanol–water partition coefficient (Wildman–Crippen LogP) is 2.62. The summed E-state index contributed by atoms with van der Waals surface area (Å²) in [7, 11) is -3.58. The summed E-state index contributed by atoms with van der Waals surface area (Å²) in [4.78, 5) is 11.8. The van der Waals surface area contributed by atoms with E-state index in [1.165, 1.54) is 24.3 Å². The molecule has 0 saturated heterocycles. The van der Waals surface area contributed by atoms with E-state index in [4.69, 9.17) is 0 Å². The monoisotopic (exact) mass is 311 g/mol. The molecule has 0 aliphatic carbocycles. The summed E-state index contributed by atoms with van der Waals surface area (Å²) in [5.74, 6) is -3.10. The van der Waals surface area contributed by atoms with Crippen LogP contribution < -0.4 is 5.32 Å². The fourth-order valence-electron chi connectivity index (χ4n) is 1.79. The summed E-state index contributed by atoms with van der Waals surface area (Å²) in [6.07, 6.45) is 0.974. The number of hydrogen-bond donors (Lipinski definition) is 1. The van der Waals surface area contributed by atoms with Gasteiger partial charge in [0.1, 0.15) is 17.2 Å². The molecule has 0 fully saturated rings. The third-order valence-electron chi connectivity index (χ3n) is 2.72. The fraction of sp³-hybridized carbons (Fsp3) is 0.0714. The maximum absolute atomic E-state index is 13.5. The second-order valence-electron chi connectivity index (χ2n) is 4.32. The van der Waals surface area contributed by atoms with Crippen molar-refractivity contribution < 1.29 is 22.0 Å². The number of benzene rings is 2. The van der Waals surface area contributed by atoms with E-state index in [2.05, 4.69) is 5.32 Å². The van der Waals surface area contributed by atoms with Crippen LogP contribution in [0.5, 0.6) is 0 Å². The van der Waals surface area contributed by atoms with Crippen molar-refractivity contribution in [3.8, 4) is 0 Å². The lowest BCUT2D eigenvalue weighted by molar-refractivity contribution is 0.101. The molecule has 0 heterocycles. The number of anilines is 1. The van der Waals surface area contributed by atoms with E-state index in [9.17, 15) is 22.0 Å². The Morgan fingerprint density at radius 1 is 1.00 bits per heavy atom. The molecule has 0 aliphatic rings. The number of amides is 1. The zero-order valence-electron chi connectivity index (χ0n) is 10.9. The SMILES string of the molecule is CS(=O)(=O)c1ccccc1NC(=O)c1c(F)cccc1F. The number of rotatable bonds is 3. The minimum absolute atomic E-state index is 0.0346. The van der Waals surface area contributed by atoms with Crippen LogP contribution in [-0.4, -0.2) is 20.6 Å². The van der Waals surface area contributed by atoms with Gasteiger partial charge in [-0.15, -0.1) is 0 Å². The molecule has 0 saturated carbocycles. The summed E-state index contributed by atoms with van der Waals surface area (Å²) in [6, 6.07) is 8.64. The van der Waals surface area contributed by atoms with E-state index in [-0.39, 0.29) is 10.6 Å². The molecule has 21 heavy (non-hydrogen) atoms. The highest BCUT2D eigenvalue weighted by Crippen LogP contribution is 2.22. The number of nitrogens with one attached hydrogen (secondary N) is 1. The van der Waals surface area contributed by atoms with Crippen molar-refractivity contribution in [1.82, 2.24) is 0 Å². The highest BCUT2D eigenvalue weighted by atomic mass is 32.2. The Morgan fingerprint density at radius 3 is 2.14 bits per heavy atom. The molecule has 1 amide bonds. The average molecular weight is 311 g/mol. The number of carbonyl (C=O) groups excluding carboxylic acids is 1. The van der Waals surface area contributed by atoms with Crippen LogP contribution >= 0.6 is 0 Å². The van der Waals surface area contributed by atoms with Crippen molar-refractivity contribution in [3.05, 3.63) is 59.7 Å². The summed E-state index contributed by atoms with van der Waals surface area (Å²) in [5.41, 5.74) is -0.798. The van der Waals surface area contributed by atoms with Crippen LogP contribution in [0.1, 0.15) is 10.4 Å². The predicted molar refractivity (Wildman–Crippen MR) is 73.9 cm³/mol. The van der Waals surface area contributed by atoms with Gasteiger partial charge in [-0.1, -0.05) is 18.2 Å². The molecule has 2 aromatic carbocycles. The van der Waals surface area contributed by atoms with Crippen molar-refractivity contribution in [2.75, 3.05) is 11.6 Å². The largest absolute Gasteiger partial charge is 0.321 e. The smallest absolute Gasteiger partial charge is 0.261 e. The number of sulfone groups is 1. The topological polar surface area (TPSA) is 63.2 Å². The Balaban J connectivity index is 2.42. The molecule has 0 unspecified atom stereocenters. The van der Waals surface area contributed by atoms with E-state index in [0.717, 1.165) is 24.5 Å². The first-order chi connectivity index (χ1) is 9.80. The van der Waals surface area contributed by atoms with Crippen LogP contribution in [0, 0.1) is 11.6 Å². The van der Waals surface area contributed by atoms with Crippen LogP contribution in [0.2, 0.25) is 0 Å². The number of halogens is 2. The molecular formula is C14H11F2NO3S. The fourth-order valence-corrected chi connectivity index (χ4v) is 2.64. The summed E-state index contributed by atoms with van der Waals surface area (Å²) in [5, 5.41) is 2.22. The standard InChI is InChI=1S/C14H11F2NO3S/c1-21(19,20)12-8-3-2-7-11(12)17-14(18)13-9(15)5-4-6-10(13)16/h2-8H,1H3,(H,17,18). The van der Waals surface area contributed by atoms with Crippen molar-refractivity contribution in [2.24, 2.45) is 0 Å². The minimum atomic E-state index is -3.58. The molecule has 0 atom stereocenters. The van der Waals surface area contributed by atoms with E-state index < -0.39 is 32.9 Å². The van der Waals surface area contributed by atoms with Crippen LogP contribution in [-0.2, 0) is 9.84 Å². The Bertz CT molecular complexity index is 783. The van der Waals surface area contributed by atoms with Crippen molar-refractivity contribution in [3.63, 3.8) is 0 Å². The van der Waals surface area contributed by atoms with E-state index >= 15 is 0 Å². The summed E-state index contributed by atoms with van der Waals surface area (Å²) < 4.78 is 50.3. The van der Waals surface area contributed by atoms with Crippen LogP contribution in [0.3, 0.4) is 0 Å². The average Bonchev–Trinajstić information content (AvgIpc) is 2.37. The Kier molecular flexibility index (Phi) is 4.04. The number of carbonyl (C=O) groups is 1. The van der Waals surface area contributed by atoms with Gasteiger partial charge in [0.05, 0.1) is 10.6 Å². The summed E-state index contributed by atoms with van der Waals surface area (Å²) >= 11 is 0. The third kappa shape index (κ3) is 3.25. The highest BCUT2D eigenvalue weighted by Gasteiger charge is 2.20. The van der Waals surface area contributed by atoms with E-state index in [0.29, 0.717) is 0 Å². The lowest BCUT2D eigenvalue weighted by Crippen LogP contribution is -2.17. The molecule has 2 aromatic rings. The Morgan fingerprint density at radius 2 is 1.57 bits per heavy atom. The van der Waals surface area contributed by atoms with Crippen molar-refractivity contribution in [1.29, 1.82) is 0 Å². The van der Waals surface area contributed by atoms with Gasteiger partial charge in [-0.3, -0.25) is 4.79 Å². The molecule has 0 bridgehead atoms. The zero-order chi connectivity index (χ0) is 15.6.